The number of hydrogen-bond acceptors (Lipinski definition) is 5. The number of nitrogens with two attached hydrogens (primary N) is 1. The van der Waals surface area contributed by atoms with Crippen LogP contribution in [0.1, 0.15) is 38.3 Å². The minimum Gasteiger partial charge on any atom is -0.334 e. The van der Waals surface area contributed by atoms with Crippen molar-refractivity contribution in [1.82, 2.24) is 19.9 Å². The largest absolute Gasteiger partial charge is 0.334 e. The summed E-state index contributed by atoms with van der Waals surface area (Å²) < 4.78 is 7.03. The predicted molar refractivity (Wildman–Crippen MR) is 67.6 cm³/mol. The third kappa shape index (κ3) is 2.28. The Morgan fingerprint density at radius 2 is 2.17 bits per heavy atom. The summed E-state index contributed by atoms with van der Waals surface area (Å²) in [4.78, 5) is 4.37. The normalized spacial score (nSPS) is 13.2. The van der Waals surface area contributed by atoms with Gasteiger partial charge in [-0.1, -0.05) is 25.9 Å². The van der Waals surface area contributed by atoms with Crippen LogP contribution in [0.5, 0.6) is 0 Å². The van der Waals surface area contributed by atoms with Crippen molar-refractivity contribution in [2.75, 3.05) is 0 Å². The Labute approximate surface area is 106 Å². The lowest BCUT2D eigenvalue weighted by atomic mass is 10.1. The van der Waals surface area contributed by atoms with Gasteiger partial charge in [-0.25, -0.2) is 0 Å². The molecule has 0 radical (unpaired) electrons. The second-order valence-electron chi connectivity index (χ2n) is 4.74. The highest BCUT2D eigenvalue weighted by Crippen LogP contribution is 2.24. The molecular weight excluding hydrogens is 230 g/mol. The summed E-state index contributed by atoms with van der Waals surface area (Å²) in [6.07, 6.45) is 2.71. The molecule has 0 aliphatic rings. The van der Waals surface area contributed by atoms with Crippen LogP contribution >= 0.6 is 0 Å². The molecule has 0 aliphatic heterocycles. The average Bonchev–Trinajstić information content (AvgIpc) is 2.93. The van der Waals surface area contributed by atoms with Crippen LogP contribution in [-0.4, -0.2) is 19.9 Å². The highest BCUT2D eigenvalue weighted by atomic mass is 16.5. The van der Waals surface area contributed by atoms with Crippen LogP contribution in [0, 0.1) is 5.92 Å². The van der Waals surface area contributed by atoms with Crippen LogP contribution in [0.25, 0.3) is 11.5 Å². The summed E-state index contributed by atoms with van der Waals surface area (Å²) >= 11 is 0. The summed E-state index contributed by atoms with van der Waals surface area (Å²) in [5, 5.41) is 8.30. The fraction of sp³-hybridized carbons (Fsp3) is 0.583. The Morgan fingerprint density at radius 1 is 1.44 bits per heavy atom. The average molecular weight is 249 g/mol. The molecule has 6 nitrogen and oxygen atoms in total. The number of rotatable bonds is 4. The molecule has 2 rings (SSSR count). The summed E-state index contributed by atoms with van der Waals surface area (Å²) in [6.45, 7) is 6.10. The van der Waals surface area contributed by atoms with Gasteiger partial charge in [0.1, 0.15) is 0 Å². The quantitative estimate of drug-likeness (QED) is 0.891. The summed E-state index contributed by atoms with van der Waals surface area (Å²) in [5.41, 5.74) is 7.83. The smallest absolute Gasteiger partial charge is 0.261 e. The van der Waals surface area contributed by atoms with Crippen LogP contribution in [0.3, 0.4) is 0 Å². The third-order valence-electron chi connectivity index (χ3n) is 2.93. The zero-order chi connectivity index (χ0) is 13.3. The van der Waals surface area contributed by atoms with Gasteiger partial charge in [-0.15, -0.1) is 0 Å². The Morgan fingerprint density at radius 3 is 2.78 bits per heavy atom. The van der Waals surface area contributed by atoms with E-state index in [1.54, 1.807) is 4.68 Å². The molecule has 2 N–H and O–H groups in total. The first-order chi connectivity index (χ1) is 8.52. The van der Waals surface area contributed by atoms with E-state index in [0.717, 1.165) is 17.7 Å². The van der Waals surface area contributed by atoms with Gasteiger partial charge in [0.25, 0.3) is 5.89 Å². The minimum atomic E-state index is -0.204. The molecule has 0 aliphatic carbocycles. The predicted octanol–water partition coefficient (Wildman–Crippen LogP) is 1.69. The number of aromatic nitrogens is 4. The first kappa shape index (κ1) is 12.8. The zero-order valence-electron chi connectivity index (χ0n) is 11.2. The lowest BCUT2D eigenvalue weighted by molar-refractivity contribution is 0.400. The molecule has 0 aromatic carbocycles. The molecule has 0 saturated heterocycles. The minimum absolute atomic E-state index is 0.204. The Bertz CT molecular complexity index is 528. The maximum absolute atomic E-state index is 6.00. The van der Waals surface area contributed by atoms with Gasteiger partial charge in [0, 0.05) is 13.2 Å². The molecule has 0 bridgehead atoms. The number of hydrogen-bond donors (Lipinski definition) is 1. The highest BCUT2D eigenvalue weighted by Gasteiger charge is 2.20. The van der Waals surface area contributed by atoms with Gasteiger partial charge in [0.2, 0.25) is 0 Å². The van der Waals surface area contributed by atoms with Crippen molar-refractivity contribution in [3.63, 3.8) is 0 Å². The first-order valence-electron chi connectivity index (χ1n) is 6.15. The molecule has 0 amide bonds. The van der Waals surface area contributed by atoms with Gasteiger partial charge in [-0.3, -0.25) is 4.68 Å². The summed E-state index contributed by atoms with van der Waals surface area (Å²) in [7, 11) is 1.87. The second-order valence-corrected chi connectivity index (χ2v) is 4.74. The standard InChI is InChI=1S/C12H19N5O/c1-5-9-8(6-17(4)15-9)12-14-11(16-18-12)10(13)7(2)3/h6-7,10H,5,13H2,1-4H3. The van der Waals surface area contributed by atoms with E-state index in [2.05, 4.69) is 15.2 Å². The van der Waals surface area contributed by atoms with Crippen molar-refractivity contribution in [3.8, 4) is 11.5 Å². The fourth-order valence-electron chi connectivity index (χ4n) is 1.75. The molecule has 98 valence electrons. The van der Waals surface area contributed by atoms with Gasteiger partial charge < -0.3 is 10.3 Å². The maximum atomic E-state index is 6.00. The molecule has 2 aromatic rings. The van der Waals surface area contributed by atoms with E-state index in [4.69, 9.17) is 10.3 Å². The molecule has 0 fully saturated rings. The van der Waals surface area contributed by atoms with Crippen LogP contribution in [0.2, 0.25) is 0 Å². The van der Waals surface area contributed by atoms with E-state index in [9.17, 15) is 0 Å². The monoisotopic (exact) mass is 249 g/mol. The van der Waals surface area contributed by atoms with Gasteiger partial charge in [-0.05, 0) is 12.3 Å². The van der Waals surface area contributed by atoms with E-state index in [1.807, 2.05) is 34.0 Å². The van der Waals surface area contributed by atoms with Gasteiger partial charge in [-0.2, -0.15) is 10.1 Å². The molecule has 2 aromatic heterocycles. The lowest BCUT2D eigenvalue weighted by Crippen LogP contribution is -2.18. The Kier molecular flexibility index (Phi) is 3.47. The van der Waals surface area contributed by atoms with Crippen LogP contribution in [0.15, 0.2) is 10.7 Å². The maximum Gasteiger partial charge on any atom is 0.261 e. The van der Waals surface area contributed by atoms with Gasteiger partial charge >= 0.3 is 0 Å². The van der Waals surface area contributed by atoms with E-state index >= 15 is 0 Å². The van der Waals surface area contributed by atoms with Crippen molar-refractivity contribution < 1.29 is 4.52 Å². The van der Waals surface area contributed by atoms with Crippen molar-refractivity contribution in [1.29, 1.82) is 0 Å². The fourth-order valence-corrected chi connectivity index (χ4v) is 1.75. The lowest BCUT2D eigenvalue weighted by Gasteiger charge is -2.09. The van der Waals surface area contributed by atoms with E-state index in [-0.39, 0.29) is 12.0 Å². The molecule has 0 saturated carbocycles. The molecule has 18 heavy (non-hydrogen) atoms. The van der Waals surface area contributed by atoms with Crippen LogP contribution < -0.4 is 5.73 Å². The molecule has 0 spiro atoms. The Balaban J connectivity index is 2.34. The van der Waals surface area contributed by atoms with E-state index < -0.39 is 0 Å². The van der Waals surface area contributed by atoms with Crippen LogP contribution in [0.4, 0.5) is 0 Å². The molecule has 1 unspecified atom stereocenters. The molecule has 6 heteroatoms. The summed E-state index contributed by atoms with van der Waals surface area (Å²) in [6, 6.07) is -0.204. The third-order valence-corrected chi connectivity index (χ3v) is 2.93. The van der Waals surface area contributed by atoms with E-state index in [0.29, 0.717) is 11.7 Å². The van der Waals surface area contributed by atoms with Crippen LogP contribution in [-0.2, 0) is 13.5 Å². The van der Waals surface area contributed by atoms with Crippen molar-refractivity contribution >= 4 is 0 Å². The van der Waals surface area contributed by atoms with Crippen molar-refractivity contribution in [2.24, 2.45) is 18.7 Å². The van der Waals surface area contributed by atoms with Gasteiger partial charge in [0.05, 0.1) is 17.3 Å². The van der Waals surface area contributed by atoms with Crippen molar-refractivity contribution in [2.45, 2.75) is 33.2 Å². The zero-order valence-corrected chi connectivity index (χ0v) is 11.2. The first-order valence-corrected chi connectivity index (χ1v) is 6.15. The number of nitrogens with zero attached hydrogens (tertiary/aromatic N) is 4. The number of aryl methyl sites for hydroxylation is 2. The topological polar surface area (TPSA) is 82.8 Å². The second kappa shape index (κ2) is 4.89. The molecule has 2 heterocycles. The highest BCUT2D eigenvalue weighted by molar-refractivity contribution is 5.55. The van der Waals surface area contributed by atoms with E-state index in [1.165, 1.54) is 0 Å². The van der Waals surface area contributed by atoms with Crippen molar-refractivity contribution in [3.05, 3.63) is 17.7 Å². The SMILES string of the molecule is CCc1nn(C)cc1-c1nc(C(N)C(C)C)no1. The molecule has 1 atom stereocenters. The Hall–Kier alpha value is -1.69. The molecular formula is C12H19N5O. The van der Waals surface area contributed by atoms with Gasteiger partial charge in [0.15, 0.2) is 5.82 Å². The summed E-state index contributed by atoms with van der Waals surface area (Å²) in [5.74, 6) is 1.31.